The lowest BCUT2D eigenvalue weighted by Crippen LogP contribution is -2.36. The number of benzene rings is 2. The maximum Gasteiger partial charge on any atom is 0.341 e. The first kappa shape index (κ1) is 23.6. The number of nitrogens with zero attached hydrogens (tertiary/aromatic N) is 3. The molecule has 1 N–H and O–H groups in total. The third-order valence-corrected chi connectivity index (χ3v) is 5.91. The number of carbonyl (C=O) groups is 1. The van der Waals surface area contributed by atoms with E-state index in [4.69, 9.17) is 25.8 Å². The van der Waals surface area contributed by atoms with Crippen molar-refractivity contribution in [3.63, 3.8) is 0 Å². The van der Waals surface area contributed by atoms with Gasteiger partial charge < -0.3 is 24.4 Å². The van der Waals surface area contributed by atoms with E-state index in [2.05, 4.69) is 21.3 Å². The summed E-state index contributed by atoms with van der Waals surface area (Å²) in [4.78, 5) is 19.5. The van der Waals surface area contributed by atoms with Gasteiger partial charge in [0.15, 0.2) is 0 Å². The Labute approximate surface area is 203 Å². The monoisotopic (exact) mass is 480 g/mol. The quantitative estimate of drug-likeness (QED) is 0.497. The van der Waals surface area contributed by atoms with Crippen LogP contribution in [0.4, 0.5) is 11.4 Å². The standard InChI is InChI=1S/C25H25ClN4O4/c1-3-34-25(31)19-15-29-24-18(10-17(13-27)12-21(24)30-6-8-33-9-7-30)23(19)28-14-16-4-5-22(32-2)20(26)11-16/h4-5,10-12,15H,3,6-9,14H2,1-2H3,(H,28,29). The summed E-state index contributed by atoms with van der Waals surface area (Å²) in [5, 5.41) is 14.2. The molecule has 0 unspecified atom stereocenters. The van der Waals surface area contributed by atoms with Crippen LogP contribution in [0.1, 0.15) is 28.4 Å². The zero-order valence-electron chi connectivity index (χ0n) is 19.1. The molecule has 1 aromatic heterocycles. The van der Waals surface area contributed by atoms with Crippen LogP contribution in [0.2, 0.25) is 5.02 Å². The largest absolute Gasteiger partial charge is 0.495 e. The Kier molecular flexibility index (Phi) is 7.36. The molecule has 0 radical (unpaired) electrons. The van der Waals surface area contributed by atoms with Crippen molar-refractivity contribution < 1.29 is 19.0 Å². The zero-order chi connectivity index (χ0) is 24.1. The van der Waals surface area contributed by atoms with Crippen LogP contribution in [-0.4, -0.2) is 51.0 Å². The molecule has 0 bridgehead atoms. The molecule has 34 heavy (non-hydrogen) atoms. The van der Waals surface area contributed by atoms with Crippen LogP contribution in [0.5, 0.6) is 5.75 Å². The molecular formula is C25H25ClN4O4. The summed E-state index contributed by atoms with van der Waals surface area (Å²) < 4.78 is 16.0. The van der Waals surface area contributed by atoms with E-state index < -0.39 is 5.97 Å². The van der Waals surface area contributed by atoms with E-state index in [0.29, 0.717) is 71.3 Å². The van der Waals surface area contributed by atoms with Crippen LogP contribution in [0.15, 0.2) is 36.5 Å². The van der Waals surface area contributed by atoms with Crippen LogP contribution >= 0.6 is 11.6 Å². The van der Waals surface area contributed by atoms with Gasteiger partial charge in [-0.15, -0.1) is 0 Å². The maximum atomic E-state index is 12.8. The second-order valence-corrected chi connectivity index (χ2v) is 8.10. The number of nitrogens with one attached hydrogen (secondary N) is 1. The van der Waals surface area contributed by atoms with E-state index in [0.717, 1.165) is 11.3 Å². The number of rotatable bonds is 7. The minimum Gasteiger partial charge on any atom is -0.495 e. The van der Waals surface area contributed by atoms with Gasteiger partial charge >= 0.3 is 5.97 Å². The number of nitriles is 1. The summed E-state index contributed by atoms with van der Waals surface area (Å²) in [6.45, 7) is 4.96. The number of pyridine rings is 1. The van der Waals surface area contributed by atoms with Gasteiger partial charge in [0.1, 0.15) is 11.3 Å². The summed E-state index contributed by atoms with van der Waals surface area (Å²) in [5.41, 5.74) is 3.77. The number of halogens is 1. The van der Waals surface area contributed by atoms with E-state index in [1.54, 1.807) is 32.2 Å². The second kappa shape index (κ2) is 10.6. The molecule has 176 valence electrons. The third kappa shape index (κ3) is 4.86. The first-order valence-electron chi connectivity index (χ1n) is 11.0. The highest BCUT2D eigenvalue weighted by molar-refractivity contribution is 6.32. The molecule has 2 heterocycles. The fourth-order valence-corrected chi connectivity index (χ4v) is 4.24. The molecule has 0 saturated carbocycles. The molecule has 4 rings (SSSR count). The number of aromatic nitrogens is 1. The number of hydrogen-bond donors (Lipinski definition) is 1. The molecule has 0 spiro atoms. The topological polar surface area (TPSA) is 96.7 Å². The number of carbonyl (C=O) groups excluding carboxylic acids is 1. The Hall–Kier alpha value is -3.54. The SMILES string of the molecule is CCOC(=O)c1cnc2c(N3CCOCC3)cc(C#N)cc2c1NCc1ccc(OC)c(Cl)c1. The van der Waals surface area contributed by atoms with Crippen molar-refractivity contribution in [2.75, 3.05) is 50.2 Å². The molecule has 2 aromatic carbocycles. The molecule has 1 saturated heterocycles. The minimum absolute atomic E-state index is 0.238. The van der Waals surface area contributed by atoms with Crippen molar-refractivity contribution in [2.45, 2.75) is 13.5 Å². The predicted molar refractivity (Wildman–Crippen MR) is 131 cm³/mol. The average Bonchev–Trinajstić information content (AvgIpc) is 2.87. The van der Waals surface area contributed by atoms with Crippen molar-refractivity contribution >= 4 is 39.8 Å². The van der Waals surface area contributed by atoms with Crippen LogP contribution in [0, 0.1) is 11.3 Å². The lowest BCUT2D eigenvalue weighted by molar-refractivity contribution is 0.0527. The number of esters is 1. The number of ether oxygens (including phenoxy) is 3. The molecule has 9 heteroatoms. The minimum atomic E-state index is -0.484. The fourth-order valence-electron chi connectivity index (χ4n) is 3.96. The summed E-state index contributed by atoms with van der Waals surface area (Å²) in [5.74, 6) is 0.100. The van der Waals surface area contributed by atoms with E-state index in [1.807, 2.05) is 12.1 Å². The fraction of sp³-hybridized carbons (Fsp3) is 0.320. The van der Waals surface area contributed by atoms with Gasteiger partial charge in [-0.25, -0.2) is 4.79 Å². The maximum absolute atomic E-state index is 12.8. The van der Waals surface area contributed by atoms with Gasteiger partial charge in [0, 0.05) is 31.2 Å². The van der Waals surface area contributed by atoms with Crippen molar-refractivity contribution in [1.29, 1.82) is 5.26 Å². The Balaban J connectivity index is 1.82. The Morgan fingerprint density at radius 3 is 2.76 bits per heavy atom. The van der Waals surface area contributed by atoms with Crippen LogP contribution < -0.4 is 15.0 Å². The highest BCUT2D eigenvalue weighted by Crippen LogP contribution is 2.35. The molecule has 1 aliphatic rings. The van der Waals surface area contributed by atoms with Crippen molar-refractivity contribution in [3.8, 4) is 11.8 Å². The van der Waals surface area contributed by atoms with Gasteiger partial charge in [0.2, 0.25) is 0 Å². The Morgan fingerprint density at radius 1 is 1.29 bits per heavy atom. The summed E-state index contributed by atoms with van der Waals surface area (Å²) in [6, 6.07) is 11.3. The molecule has 0 amide bonds. The highest BCUT2D eigenvalue weighted by atomic mass is 35.5. The number of hydrogen-bond acceptors (Lipinski definition) is 8. The molecule has 1 fully saturated rings. The van der Waals surface area contributed by atoms with Crippen molar-refractivity contribution in [2.24, 2.45) is 0 Å². The smallest absolute Gasteiger partial charge is 0.341 e. The van der Waals surface area contributed by atoms with Gasteiger partial charge in [0.05, 0.1) is 60.5 Å². The Bertz CT molecular complexity index is 1250. The van der Waals surface area contributed by atoms with E-state index >= 15 is 0 Å². The summed E-state index contributed by atoms with van der Waals surface area (Å²) in [6.07, 6.45) is 1.53. The van der Waals surface area contributed by atoms with E-state index in [1.165, 1.54) is 6.20 Å². The second-order valence-electron chi connectivity index (χ2n) is 7.69. The third-order valence-electron chi connectivity index (χ3n) is 5.61. The van der Waals surface area contributed by atoms with Crippen molar-refractivity contribution in [1.82, 2.24) is 4.98 Å². The lowest BCUT2D eigenvalue weighted by atomic mass is 10.0. The number of morpholine rings is 1. The lowest BCUT2D eigenvalue weighted by Gasteiger charge is -2.30. The molecule has 0 aliphatic carbocycles. The van der Waals surface area contributed by atoms with E-state index in [9.17, 15) is 10.1 Å². The van der Waals surface area contributed by atoms with Crippen LogP contribution in [-0.2, 0) is 16.0 Å². The normalized spacial score (nSPS) is 13.4. The van der Waals surface area contributed by atoms with Gasteiger partial charge in [-0.2, -0.15) is 5.26 Å². The van der Waals surface area contributed by atoms with Gasteiger partial charge in [0.25, 0.3) is 0 Å². The molecule has 8 nitrogen and oxygen atoms in total. The Morgan fingerprint density at radius 2 is 2.09 bits per heavy atom. The number of anilines is 2. The number of fused-ring (bicyclic) bond motifs is 1. The molecule has 0 atom stereocenters. The summed E-state index contributed by atoms with van der Waals surface area (Å²) >= 11 is 6.29. The average molecular weight is 481 g/mol. The molecule has 1 aliphatic heterocycles. The van der Waals surface area contributed by atoms with Crippen molar-refractivity contribution in [3.05, 3.63) is 58.2 Å². The first-order valence-corrected chi connectivity index (χ1v) is 11.4. The zero-order valence-corrected chi connectivity index (χ0v) is 19.8. The first-order chi connectivity index (χ1) is 16.5. The number of methoxy groups -OCH3 is 1. The van der Waals surface area contributed by atoms with Gasteiger partial charge in [-0.3, -0.25) is 4.98 Å². The summed E-state index contributed by atoms with van der Waals surface area (Å²) in [7, 11) is 1.56. The van der Waals surface area contributed by atoms with Crippen LogP contribution in [0.3, 0.4) is 0 Å². The van der Waals surface area contributed by atoms with Crippen LogP contribution in [0.25, 0.3) is 10.9 Å². The highest BCUT2D eigenvalue weighted by Gasteiger charge is 2.22. The van der Waals surface area contributed by atoms with Gasteiger partial charge in [-0.05, 0) is 36.8 Å². The van der Waals surface area contributed by atoms with Gasteiger partial charge in [-0.1, -0.05) is 17.7 Å². The van der Waals surface area contributed by atoms with E-state index in [-0.39, 0.29) is 6.61 Å². The molecular weight excluding hydrogens is 456 g/mol. The predicted octanol–water partition coefficient (Wildman–Crippen LogP) is 4.39. The molecule has 3 aromatic rings.